The van der Waals surface area contributed by atoms with E-state index in [1.54, 1.807) is 13.2 Å². The number of ether oxygens (including phenoxy) is 1. The summed E-state index contributed by atoms with van der Waals surface area (Å²) in [7, 11) is 3.62. The fourth-order valence-corrected chi connectivity index (χ4v) is 1.51. The van der Waals surface area contributed by atoms with E-state index in [2.05, 4.69) is 0 Å². The number of aliphatic hydroxyl groups is 1. The minimum atomic E-state index is -0.509. The molecule has 0 radical (unpaired) electrons. The second kappa shape index (κ2) is 6.48. The molecule has 0 amide bonds. The van der Waals surface area contributed by atoms with Crippen molar-refractivity contribution in [2.24, 2.45) is 0 Å². The number of nitrogen functional groups attached to an aromatic ring is 1. The molecule has 4 nitrogen and oxygen atoms in total. The van der Waals surface area contributed by atoms with Gasteiger partial charge in [-0.15, -0.1) is 0 Å². The van der Waals surface area contributed by atoms with Crippen LogP contribution in [0.25, 0.3) is 0 Å². The van der Waals surface area contributed by atoms with Crippen LogP contribution in [0.1, 0.15) is 11.7 Å². The van der Waals surface area contributed by atoms with Crippen LogP contribution in [0.4, 0.5) is 5.69 Å². The van der Waals surface area contributed by atoms with Crippen LogP contribution in [0.5, 0.6) is 0 Å². The molecule has 1 unspecified atom stereocenters. The summed E-state index contributed by atoms with van der Waals surface area (Å²) in [6, 6.07) is 7.34. The molecule has 1 aromatic carbocycles. The first kappa shape index (κ1) is 13.0. The van der Waals surface area contributed by atoms with Gasteiger partial charge < -0.3 is 20.5 Å². The normalized spacial score (nSPS) is 13.0. The summed E-state index contributed by atoms with van der Waals surface area (Å²) in [4.78, 5) is 2.03. The lowest BCUT2D eigenvalue weighted by Gasteiger charge is -2.20. The Labute approximate surface area is 96.6 Å². The first-order valence-electron chi connectivity index (χ1n) is 5.34. The lowest BCUT2D eigenvalue weighted by atomic mass is 10.1. The predicted octanol–water partition coefficient (Wildman–Crippen LogP) is 0.880. The Kier molecular flexibility index (Phi) is 5.25. The van der Waals surface area contributed by atoms with E-state index in [1.807, 2.05) is 30.1 Å². The minimum absolute atomic E-state index is 0.509. The summed E-state index contributed by atoms with van der Waals surface area (Å²) in [6.07, 6.45) is -0.509. The maximum atomic E-state index is 9.98. The third kappa shape index (κ3) is 4.18. The number of aliphatic hydroxyl groups excluding tert-OH is 1. The molecular formula is C12H20N2O2. The molecule has 0 fully saturated rings. The average molecular weight is 224 g/mol. The molecule has 0 bridgehead atoms. The summed E-state index contributed by atoms with van der Waals surface area (Å²) in [5.74, 6) is 0. The van der Waals surface area contributed by atoms with Crippen LogP contribution in [0.3, 0.4) is 0 Å². The maximum Gasteiger partial charge on any atom is 0.0917 e. The van der Waals surface area contributed by atoms with Crippen molar-refractivity contribution in [2.45, 2.75) is 6.10 Å². The van der Waals surface area contributed by atoms with Gasteiger partial charge in [0.1, 0.15) is 0 Å². The molecule has 0 heterocycles. The van der Waals surface area contributed by atoms with E-state index < -0.39 is 6.10 Å². The first-order chi connectivity index (χ1) is 7.63. The van der Waals surface area contributed by atoms with Crippen molar-refractivity contribution in [3.05, 3.63) is 29.8 Å². The molecule has 0 saturated heterocycles. The van der Waals surface area contributed by atoms with Crippen molar-refractivity contribution < 1.29 is 9.84 Å². The fourth-order valence-electron chi connectivity index (χ4n) is 1.51. The highest BCUT2D eigenvalue weighted by molar-refractivity contribution is 5.41. The van der Waals surface area contributed by atoms with Crippen LogP contribution in [0, 0.1) is 0 Å². The molecule has 0 spiro atoms. The zero-order valence-corrected chi connectivity index (χ0v) is 9.89. The number of nitrogens with two attached hydrogens (primary N) is 1. The number of hydrogen-bond acceptors (Lipinski definition) is 4. The molecule has 3 N–H and O–H groups in total. The van der Waals surface area contributed by atoms with Gasteiger partial charge in [0.05, 0.1) is 12.7 Å². The Morgan fingerprint density at radius 2 is 2.25 bits per heavy atom. The molecule has 4 heteroatoms. The number of hydrogen-bond donors (Lipinski definition) is 2. The highest BCUT2D eigenvalue weighted by Gasteiger charge is 2.10. The van der Waals surface area contributed by atoms with Gasteiger partial charge in [0.15, 0.2) is 0 Å². The molecule has 1 aromatic rings. The summed E-state index contributed by atoms with van der Waals surface area (Å²) in [5, 5.41) is 9.98. The van der Waals surface area contributed by atoms with Gasteiger partial charge in [0, 0.05) is 25.9 Å². The second-order valence-corrected chi connectivity index (χ2v) is 3.94. The molecule has 0 aromatic heterocycles. The van der Waals surface area contributed by atoms with Crippen molar-refractivity contribution in [1.29, 1.82) is 0 Å². The number of benzene rings is 1. The molecular weight excluding hydrogens is 204 g/mol. The zero-order chi connectivity index (χ0) is 12.0. The number of nitrogens with zero attached hydrogens (tertiary/aromatic N) is 1. The number of methoxy groups -OCH3 is 1. The van der Waals surface area contributed by atoms with Gasteiger partial charge in [-0.3, -0.25) is 0 Å². The van der Waals surface area contributed by atoms with E-state index in [0.29, 0.717) is 18.8 Å². The molecule has 0 saturated carbocycles. The van der Waals surface area contributed by atoms with E-state index in [1.165, 1.54) is 0 Å². The first-order valence-corrected chi connectivity index (χ1v) is 5.34. The monoisotopic (exact) mass is 224 g/mol. The van der Waals surface area contributed by atoms with Gasteiger partial charge in [0.2, 0.25) is 0 Å². The van der Waals surface area contributed by atoms with Crippen LogP contribution >= 0.6 is 0 Å². The maximum absolute atomic E-state index is 9.98. The van der Waals surface area contributed by atoms with Crippen LogP contribution in [0.15, 0.2) is 24.3 Å². The van der Waals surface area contributed by atoms with Crippen LogP contribution in [-0.4, -0.2) is 43.9 Å². The van der Waals surface area contributed by atoms with E-state index in [4.69, 9.17) is 10.5 Å². The number of likely N-dealkylation sites (N-methyl/N-ethyl adjacent to an activating group) is 1. The van der Waals surface area contributed by atoms with Crippen LogP contribution in [0.2, 0.25) is 0 Å². The number of rotatable bonds is 6. The summed E-state index contributed by atoms with van der Waals surface area (Å²) >= 11 is 0. The van der Waals surface area contributed by atoms with E-state index in [-0.39, 0.29) is 0 Å². The van der Waals surface area contributed by atoms with Gasteiger partial charge >= 0.3 is 0 Å². The van der Waals surface area contributed by atoms with E-state index in [9.17, 15) is 5.11 Å². The molecule has 0 aliphatic heterocycles. The van der Waals surface area contributed by atoms with Crippen molar-refractivity contribution in [3.63, 3.8) is 0 Å². The van der Waals surface area contributed by atoms with E-state index >= 15 is 0 Å². The lowest BCUT2D eigenvalue weighted by Crippen LogP contribution is -2.27. The Balaban J connectivity index is 2.48. The van der Waals surface area contributed by atoms with Crippen molar-refractivity contribution >= 4 is 5.69 Å². The number of anilines is 1. The highest BCUT2D eigenvalue weighted by atomic mass is 16.5. The predicted molar refractivity (Wildman–Crippen MR) is 65.2 cm³/mol. The highest BCUT2D eigenvalue weighted by Crippen LogP contribution is 2.16. The summed E-state index contributed by atoms with van der Waals surface area (Å²) in [5.41, 5.74) is 7.19. The molecule has 1 rings (SSSR count). The molecule has 1 atom stereocenters. The summed E-state index contributed by atoms with van der Waals surface area (Å²) < 4.78 is 4.98. The third-order valence-corrected chi connectivity index (χ3v) is 2.46. The van der Waals surface area contributed by atoms with Gasteiger partial charge in [-0.2, -0.15) is 0 Å². The fraction of sp³-hybridized carbons (Fsp3) is 0.500. The van der Waals surface area contributed by atoms with E-state index in [0.717, 1.165) is 12.1 Å². The SMILES string of the molecule is COCCN(C)CC(O)c1cccc(N)c1. The molecule has 90 valence electrons. The minimum Gasteiger partial charge on any atom is -0.399 e. The Morgan fingerprint density at radius 3 is 2.88 bits per heavy atom. The van der Waals surface area contributed by atoms with Gasteiger partial charge in [-0.05, 0) is 24.7 Å². The van der Waals surface area contributed by atoms with Crippen molar-refractivity contribution in [1.82, 2.24) is 4.90 Å². The van der Waals surface area contributed by atoms with Gasteiger partial charge in [-0.25, -0.2) is 0 Å². The second-order valence-electron chi connectivity index (χ2n) is 3.94. The third-order valence-electron chi connectivity index (χ3n) is 2.46. The largest absolute Gasteiger partial charge is 0.399 e. The molecule has 0 aliphatic rings. The topological polar surface area (TPSA) is 58.7 Å². The zero-order valence-electron chi connectivity index (χ0n) is 9.89. The molecule has 16 heavy (non-hydrogen) atoms. The van der Waals surface area contributed by atoms with Gasteiger partial charge in [0.25, 0.3) is 0 Å². The Bertz CT molecular complexity index is 318. The van der Waals surface area contributed by atoms with Crippen LogP contribution in [-0.2, 0) is 4.74 Å². The smallest absolute Gasteiger partial charge is 0.0917 e. The van der Waals surface area contributed by atoms with Gasteiger partial charge in [-0.1, -0.05) is 12.1 Å². The van der Waals surface area contributed by atoms with Crippen LogP contribution < -0.4 is 5.73 Å². The lowest BCUT2D eigenvalue weighted by molar-refractivity contribution is 0.103. The average Bonchev–Trinajstić information content (AvgIpc) is 2.26. The Hall–Kier alpha value is -1.10. The van der Waals surface area contributed by atoms with Crippen molar-refractivity contribution in [3.8, 4) is 0 Å². The Morgan fingerprint density at radius 1 is 1.50 bits per heavy atom. The molecule has 0 aliphatic carbocycles. The quantitative estimate of drug-likeness (QED) is 0.704. The standard InChI is InChI=1S/C12H20N2O2/c1-14(6-7-16-2)9-12(15)10-4-3-5-11(13)8-10/h3-5,8,12,15H,6-7,9,13H2,1-2H3. The summed E-state index contributed by atoms with van der Waals surface area (Å²) in [6.45, 7) is 2.04. The van der Waals surface area contributed by atoms with Crippen molar-refractivity contribution in [2.75, 3.05) is 39.6 Å².